The third kappa shape index (κ3) is 8.16. The Morgan fingerprint density at radius 2 is 1.33 bits per heavy atom. The minimum absolute atomic E-state index is 0.0198. The van der Waals surface area contributed by atoms with Crippen LogP contribution in [0, 0.1) is 41.0 Å². The van der Waals surface area contributed by atoms with Gasteiger partial charge in [0.2, 0.25) is 5.82 Å². The van der Waals surface area contributed by atoms with Crippen LogP contribution in [-0.4, -0.2) is 19.3 Å². The van der Waals surface area contributed by atoms with E-state index < -0.39 is 23.3 Å². The lowest BCUT2D eigenvalue weighted by molar-refractivity contribution is 0.0129. The molecule has 0 N–H and O–H groups in total. The maximum atomic E-state index is 15.1. The van der Waals surface area contributed by atoms with Crippen molar-refractivity contribution in [1.82, 2.24) is 0 Å². The Labute approximate surface area is 247 Å². The second-order valence-electron chi connectivity index (χ2n) is 11.0. The predicted octanol–water partition coefficient (Wildman–Crippen LogP) is 10.3. The summed E-state index contributed by atoms with van der Waals surface area (Å²) in [5.41, 5.74) is 0.898. The standard InChI is InChI=1S/C36H40F4O2/c1-3-5-6-7-8-9-10-11-25-12-19-29(42-24-25)20-17-28-18-21-30(34(38)33(28)37)26-13-15-27(16-14-26)31-22-23-32(41-4-2)36(40)35(31)39/h13-16,18,21-23,25,29H,3-12,19,24H2,1-2H3. The Bertz CT molecular complexity index is 1370. The summed E-state index contributed by atoms with van der Waals surface area (Å²) in [6.45, 7) is 4.79. The Kier molecular flexibility index (Phi) is 11.9. The van der Waals surface area contributed by atoms with Crippen LogP contribution in [0.4, 0.5) is 17.6 Å². The normalized spacial score (nSPS) is 16.6. The van der Waals surface area contributed by atoms with E-state index in [1.807, 2.05) is 0 Å². The van der Waals surface area contributed by atoms with Crippen molar-refractivity contribution in [3.8, 4) is 39.8 Å². The predicted molar refractivity (Wildman–Crippen MR) is 160 cm³/mol. The molecule has 224 valence electrons. The van der Waals surface area contributed by atoms with E-state index in [4.69, 9.17) is 9.47 Å². The zero-order valence-electron chi connectivity index (χ0n) is 24.6. The van der Waals surface area contributed by atoms with Crippen molar-refractivity contribution in [2.45, 2.75) is 84.2 Å². The van der Waals surface area contributed by atoms with Crippen molar-refractivity contribution in [3.63, 3.8) is 0 Å². The number of benzene rings is 3. The first-order chi connectivity index (χ1) is 20.4. The maximum Gasteiger partial charge on any atom is 0.201 e. The molecular formula is C36H40F4O2. The van der Waals surface area contributed by atoms with Crippen molar-refractivity contribution in [2.75, 3.05) is 13.2 Å². The summed E-state index contributed by atoms with van der Waals surface area (Å²) in [5.74, 6) is 2.02. The van der Waals surface area contributed by atoms with Gasteiger partial charge in [-0.3, -0.25) is 0 Å². The van der Waals surface area contributed by atoms with Crippen LogP contribution in [0.15, 0.2) is 48.5 Å². The molecule has 1 heterocycles. The maximum absolute atomic E-state index is 15.1. The molecule has 0 amide bonds. The minimum atomic E-state index is -1.06. The van der Waals surface area contributed by atoms with Crippen molar-refractivity contribution >= 4 is 0 Å². The molecule has 3 aromatic rings. The fourth-order valence-corrected chi connectivity index (χ4v) is 5.42. The molecular weight excluding hydrogens is 540 g/mol. The smallest absolute Gasteiger partial charge is 0.201 e. The molecule has 42 heavy (non-hydrogen) atoms. The van der Waals surface area contributed by atoms with Crippen molar-refractivity contribution in [3.05, 3.63) is 77.4 Å². The van der Waals surface area contributed by atoms with E-state index in [9.17, 15) is 13.2 Å². The molecule has 0 radical (unpaired) electrons. The molecule has 2 nitrogen and oxygen atoms in total. The highest BCUT2D eigenvalue weighted by Gasteiger charge is 2.21. The Morgan fingerprint density at radius 1 is 0.714 bits per heavy atom. The molecule has 4 rings (SSSR count). The van der Waals surface area contributed by atoms with Gasteiger partial charge in [0.25, 0.3) is 0 Å². The van der Waals surface area contributed by atoms with Crippen LogP contribution in [0.5, 0.6) is 5.75 Å². The molecule has 1 fully saturated rings. The first-order valence-electron chi connectivity index (χ1n) is 15.3. The lowest BCUT2D eigenvalue weighted by Gasteiger charge is -2.26. The number of hydrogen-bond donors (Lipinski definition) is 0. The molecule has 1 aliphatic rings. The van der Waals surface area contributed by atoms with E-state index in [0.29, 0.717) is 23.7 Å². The largest absolute Gasteiger partial charge is 0.491 e. The SMILES string of the molecule is CCCCCCCCCC1CCC(C#Cc2ccc(-c3ccc(-c4ccc(OCC)c(F)c4F)cc3)c(F)c2F)OC1. The van der Waals surface area contributed by atoms with E-state index in [1.54, 1.807) is 31.2 Å². The molecule has 3 aromatic carbocycles. The molecule has 0 aromatic heterocycles. The highest BCUT2D eigenvalue weighted by Crippen LogP contribution is 2.33. The average molecular weight is 581 g/mol. The van der Waals surface area contributed by atoms with Crippen LogP contribution in [0.25, 0.3) is 22.3 Å². The van der Waals surface area contributed by atoms with E-state index in [1.165, 1.54) is 75.6 Å². The fourth-order valence-electron chi connectivity index (χ4n) is 5.42. The van der Waals surface area contributed by atoms with Gasteiger partial charge in [-0.2, -0.15) is 4.39 Å². The first kappa shape index (κ1) is 31.6. The summed E-state index contributed by atoms with van der Waals surface area (Å²) < 4.78 is 69.9. The highest BCUT2D eigenvalue weighted by atomic mass is 19.2. The second kappa shape index (κ2) is 15.8. The van der Waals surface area contributed by atoms with Gasteiger partial charge in [0.15, 0.2) is 23.2 Å². The van der Waals surface area contributed by atoms with Gasteiger partial charge in [0.05, 0.1) is 18.8 Å². The molecule has 0 aliphatic carbocycles. The molecule has 1 aliphatic heterocycles. The summed E-state index contributed by atoms with van der Waals surface area (Å²) in [4.78, 5) is 0. The average Bonchev–Trinajstić information content (AvgIpc) is 3.01. The summed E-state index contributed by atoms with van der Waals surface area (Å²) in [6, 6.07) is 11.9. The van der Waals surface area contributed by atoms with Gasteiger partial charge in [0, 0.05) is 11.1 Å². The van der Waals surface area contributed by atoms with Crippen molar-refractivity contribution < 1.29 is 27.0 Å². The molecule has 0 saturated carbocycles. The number of unbranched alkanes of at least 4 members (excludes halogenated alkanes) is 6. The third-order valence-electron chi connectivity index (χ3n) is 7.89. The van der Waals surface area contributed by atoms with Gasteiger partial charge in [-0.05, 0) is 67.5 Å². The van der Waals surface area contributed by atoms with E-state index in [-0.39, 0.29) is 35.2 Å². The minimum Gasteiger partial charge on any atom is -0.491 e. The van der Waals surface area contributed by atoms with Gasteiger partial charge in [0.1, 0.15) is 6.10 Å². The number of hydrogen-bond acceptors (Lipinski definition) is 2. The van der Waals surface area contributed by atoms with E-state index in [2.05, 4.69) is 18.8 Å². The van der Waals surface area contributed by atoms with Crippen LogP contribution >= 0.6 is 0 Å². The molecule has 1 saturated heterocycles. The van der Waals surface area contributed by atoms with Gasteiger partial charge in [-0.25, -0.2) is 13.2 Å². The van der Waals surface area contributed by atoms with Crippen LogP contribution < -0.4 is 4.74 Å². The monoisotopic (exact) mass is 580 g/mol. The number of ether oxygens (including phenoxy) is 2. The lowest BCUT2D eigenvalue weighted by atomic mass is 9.93. The zero-order valence-corrected chi connectivity index (χ0v) is 24.6. The summed E-state index contributed by atoms with van der Waals surface area (Å²) in [6.07, 6.45) is 11.8. The van der Waals surface area contributed by atoms with Crippen LogP contribution in [-0.2, 0) is 4.74 Å². The molecule has 2 unspecified atom stereocenters. The summed E-state index contributed by atoms with van der Waals surface area (Å²) in [5, 5.41) is 0. The molecule has 2 atom stereocenters. The second-order valence-corrected chi connectivity index (χ2v) is 11.0. The van der Waals surface area contributed by atoms with Crippen LogP contribution in [0.1, 0.15) is 83.6 Å². The van der Waals surface area contributed by atoms with Gasteiger partial charge in [-0.15, -0.1) is 0 Å². The molecule has 0 bridgehead atoms. The van der Waals surface area contributed by atoms with Crippen molar-refractivity contribution in [2.24, 2.45) is 5.92 Å². The third-order valence-corrected chi connectivity index (χ3v) is 7.89. The van der Waals surface area contributed by atoms with E-state index >= 15 is 4.39 Å². The Balaban J connectivity index is 1.34. The van der Waals surface area contributed by atoms with Gasteiger partial charge >= 0.3 is 0 Å². The number of halogens is 4. The topological polar surface area (TPSA) is 18.5 Å². The molecule has 6 heteroatoms. The zero-order chi connectivity index (χ0) is 29.9. The summed E-state index contributed by atoms with van der Waals surface area (Å²) in [7, 11) is 0. The fraction of sp³-hybridized carbons (Fsp3) is 0.444. The Morgan fingerprint density at radius 3 is 1.95 bits per heavy atom. The molecule has 0 spiro atoms. The van der Waals surface area contributed by atoms with Gasteiger partial charge in [-0.1, -0.05) is 88.0 Å². The summed E-state index contributed by atoms with van der Waals surface area (Å²) >= 11 is 0. The lowest BCUT2D eigenvalue weighted by Crippen LogP contribution is -2.24. The van der Waals surface area contributed by atoms with Crippen LogP contribution in [0.2, 0.25) is 0 Å². The van der Waals surface area contributed by atoms with E-state index in [0.717, 1.165) is 12.8 Å². The van der Waals surface area contributed by atoms with Gasteiger partial charge < -0.3 is 9.47 Å². The Hall–Kier alpha value is -3.30. The van der Waals surface area contributed by atoms with Crippen LogP contribution in [0.3, 0.4) is 0 Å². The highest BCUT2D eigenvalue weighted by molar-refractivity contribution is 5.72. The quantitative estimate of drug-likeness (QED) is 0.121. The first-order valence-corrected chi connectivity index (χ1v) is 15.3. The van der Waals surface area contributed by atoms with Crippen molar-refractivity contribution in [1.29, 1.82) is 0 Å². The number of rotatable bonds is 12.